The van der Waals surface area contributed by atoms with Crippen LogP contribution in [0.3, 0.4) is 0 Å². The van der Waals surface area contributed by atoms with Gasteiger partial charge in [-0.25, -0.2) is 4.21 Å². The minimum absolute atomic E-state index is 0.0465. The Kier molecular flexibility index (Phi) is 4.44. The first-order chi connectivity index (χ1) is 11.6. The number of hydrogen-bond acceptors (Lipinski definition) is 2. The molecule has 0 fully saturated rings. The van der Waals surface area contributed by atoms with Crippen LogP contribution in [0.15, 0.2) is 71.6 Å². The van der Waals surface area contributed by atoms with Crippen LogP contribution < -0.4 is 0 Å². The summed E-state index contributed by atoms with van der Waals surface area (Å²) in [6, 6.07) is 18.6. The van der Waals surface area contributed by atoms with Crippen LogP contribution in [0.25, 0.3) is 16.3 Å². The lowest BCUT2D eigenvalue weighted by Gasteiger charge is -2.07. The van der Waals surface area contributed by atoms with E-state index in [2.05, 4.69) is 4.79 Å². The summed E-state index contributed by atoms with van der Waals surface area (Å²) in [5, 5.41) is 1.28. The lowest BCUT2D eigenvalue weighted by molar-refractivity contribution is -0.00517. The molecule has 0 radical (unpaired) electrons. The maximum Gasteiger partial charge on any atom is 0.371 e. The van der Waals surface area contributed by atoms with Gasteiger partial charge in [-0.2, -0.15) is 4.79 Å². The zero-order chi connectivity index (χ0) is 17.1. The van der Waals surface area contributed by atoms with Crippen LogP contribution in [-0.4, -0.2) is 25.0 Å². The number of hydrogen-bond donors (Lipinski definition) is 1. The molecule has 0 aliphatic carbocycles. The lowest BCUT2D eigenvalue weighted by atomic mass is 9.98. The van der Waals surface area contributed by atoms with Gasteiger partial charge in [0.1, 0.15) is 0 Å². The number of carbonyl (C=O) groups excluding carboxylic acids is 1. The van der Waals surface area contributed by atoms with Crippen molar-refractivity contribution in [3.05, 3.63) is 83.4 Å². The molecule has 0 aromatic heterocycles. The standard InChI is InChI=1S/C18H12N2O3S/c19-20-16(17(21)13-7-2-1-3-8-13)15-11-10-12-6-4-5-9-14(12)18(15)24(22)23/h1-11H,(H,22,23). The Bertz CT molecular complexity index is 1010. The number of rotatable bonds is 4. The molecule has 3 rings (SSSR count). The lowest BCUT2D eigenvalue weighted by Crippen LogP contribution is -2.19. The fraction of sp³-hybridized carbons (Fsp3) is 0. The molecule has 24 heavy (non-hydrogen) atoms. The predicted molar refractivity (Wildman–Crippen MR) is 91.5 cm³/mol. The largest absolute Gasteiger partial charge is 0.371 e. The van der Waals surface area contributed by atoms with Crippen LogP contribution in [-0.2, 0) is 11.1 Å². The van der Waals surface area contributed by atoms with E-state index in [0.29, 0.717) is 10.9 Å². The minimum atomic E-state index is -2.35. The van der Waals surface area contributed by atoms with Gasteiger partial charge in [0.15, 0.2) is 11.1 Å². The first-order valence-electron chi connectivity index (χ1n) is 7.08. The molecule has 0 heterocycles. The Morgan fingerprint density at radius 3 is 2.29 bits per heavy atom. The quantitative estimate of drug-likeness (QED) is 0.260. The van der Waals surface area contributed by atoms with Gasteiger partial charge in [-0.05, 0) is 11.5 Å². The van der Waals surface area contributed by atoms with E-state index in [0.717, 1.165) is 5.39 Å². The molecule has 6 heteroatoms. The summed E-state index contributed by atoms with van der Waals surface area (Å²) >= 11 is -2.35. The van der Waals surface area contributed by atoms with E-state index < -0.39 is 16.9 Å². The molecule has 0 spiro atoms. The molecule has 0 aliphatic rings. The Hall–Kier alpha value is -2.92. The van der Waals surface area contributed by atoms with E-state index in [1.807, 2.05) is 6.07 Å². The first kappa shape index (κ1) is 16.0. The third-order valence-corrected chi connectivity index (χ3v) is 4.45. The van der Waals surface area contributed by atoms with E-state index in [1.54, 1.807) is 54.6 Å². The normalized spacial score (nSPS) is 11.7. The molecular formula is C18H12N2O3S. The van der Waals surface area contributed by atoms with Gasteiger partial charge in [0.05, 0.1) is 10.5 Å². The van der Waals surface area contributed by atoms with Crippen LogP contribution in [0, 0.1) is 0 Å². The topological polar surface area (TPSA) is 90.8 Å². The van der Waals surface area contributed by atoms with E-state index in [-0.39, 0.29) is 16.2 Å². The third kappa shape index (κ3) is 2.81. The molecule has 5 nitrogen and oxygen atoms in total. The zero-order valence-electron chi connectivity index (χ0n) is 12.4. The Morgan fingerprint density at radius 2 is 1.62 bits per heavy atom. The third-order valence-electron chi connectivity index (χ3n) is 3.66. The second-order valence-electron chi connectivity index (χ2n) is 5.06. The van der Waals surface area contributed by atoms with Gasteiger partial charge >= 0.3 is 5.71 Å². The average Bonchev–Trinajstić information content (AvgIpc) is 2.62. The van der Waals surface area contributed by atoms with Crippen molar-refractivity contribution in [3.63, 3.8) is 0 Å². The van der Waals surface area contributed by atoms with Gasteiger partial charge in [0.2, 0.25) is 0 Å². The molecule has 3 aromatic carbocycles. The van der Waals surface area contributed by atoms with Crippen LogP contribution in [0.5, 0.6) is 0 Å². The molecule has 0 saturated carbocycles. The SMILES string of the molecule is [N-]=[N+]=C(C(=O)c1ccccc1)c1ccc2ccccc2c1S(=O)O. The molecule has 0 saturated heterocycles. The fourth-order valence-electron chi connectivity index (χ4n) is 2.57. The maximum atomic E-state index is 12.6. The highest BCUT2D eigenvalue weighted by Gasteiger charge is 2.29. The average molecular weight is 336 g/mol. The Morgan fingerprint density at radius 1 is 0.958 bits per heavy atom. The highest BCUT2D eigenvalue weighted by Crippen LogP contribution is 2.26. The van der Waals surface area contributed by atoms with Crippen molar-refractivity contribution in [1.29, 1.82) is 0 Å². The van der Waals surface area contributed by atoms with Gasteiger partial charge in [-0.15, -0.1) is 0 Å². The van der Waals surface area contributed by atoms with Crippen molar-refractivity contribution >= 4 is 33.3 Å². The molecule has 1 atom stereocenters. The van der Waals surface area contributed by atoms with E-state index in [4.69, 9.17) is 0 Å². The van der Waals surface area contributed by atoms with Gasteiger partial charge < -0.3 is 10.1 Å². The molecule has 0 bridgehead atoms. The summed E-state index contributed by atoms with van der Waals surface area (Å²) in [5.74, 6) is -0.528. The van der Waals surface area contributed by atoms with Crippen molar-refractivity contribution in [3.8, 4) is 0 Å². The molecule has 118 valence electrons. The Labute approximate surface area is 140 Å². The summed E-state index contributed by atoms with van der Waals surface area (Å²) in [5.41, 5.74) is 9.56. The summed E-state index contributed by atoms with van der Waals surface area (Å²) < 4.78 is 21.6. The van der Waals surface area contributed by atoms with Crippen molar-refractivity contribution in [2.75, 3.05) is 0 Å². The minimum Gasteiger partial charge on any atom is -0.361 e. The van der Waals surface area contributed by atoms with Gasteiger partial charge in [-0.1, -0.05) is 60.7 Å². The smallest absolute Gasteiger partial charge is 0.361 e. The van der Waals surface area contributed by atoms with Crippen LogP contribution in [0.4, 0.5) is 0 Å². The fourth-order valence-corrected chi connectivity index (χ4v) is 3.29. The second-order valence-corrected chi connectivity index (χ2v) is 5.96. The number of Topliss-reactive ketones (excluding diaryl/α,β-unsaturated/α-hetero) is 1. The molecule has 1 unspecified atom stereocenters. The highest BCUT2D eigenvalue weighted by atomic mass is 32.2. The van der Waals surface area contributed by atoms with Crippen LogP contribution in [0.2, 0.25) is 0 Å². The second kappa shape index (κ2) is 6.68. The van der Waals surface area contributed by atoms with Crippen LogP contribution >= 0.6 is 0 Å². The van der Waals surface area contributed by atoms with Gasteiger partial charge in [-0.3, -0.25) is 4.79 Å². The summed E-state index contributed by atoms with van der Waals surface area (Å²) in [6.45, 7) is 0. The van der Waals surface area contributed by atoms with E-state index in [9.17, 15) is 19.1 Å². The predicted octanol–water partition coefficient (Wildman–Crippen LogP) is 3.32. The molecule has 0 amide bonds. The molecule has 0 aliphatic heterocycles. The summed E-state index contributed by atoms with van der Waals surface area (Å²) in [4.78, 5) is 15.8. The monoisotopic (exact) mass is 336 g/mol. The molecular weight excluding hydrogens is 324 g/mol. The van der Waals surface area contributed by atoms with Gasteiger partial charge in [0.25, 0.3) is 5.78 Å². The highest BCUT2D eigenvalue weighted by molar-refractivity contribution is 7.79. The van der Waals surface area contributed by atoms with E-state index >= 15 is 0 Å². The number of nitrogens with zero attached hydrogens (tertiary/aromatic N) is 2. The Balaban J connectivity index is 2.24. The van der Waals surface area contributed by atoms with Crippen molar-refractivity contribution < 1.29 is 18.3 Å². The number of carbonyl (C=O) groups is 1. The summed E-state index contributed by atoms with van der Waals surface area (Å²) in [6.07, 6.45) is 0. The zero-order valence-corrected chi connectivity index (χ0v) is 13.2. The van der Waals surface area contributed by atoms with Crippen molar-refractivity contribution in [2.45, 2.75) is 4.90 Å². The van der Waals surface area contributed by atoms with E-state index in [1.165, 1.54) is 6.07 Å². The number of ketones is 1. The molecule has 3 aromatic rings. The maximum absolute atomic E-state index is 12.6. The molecule has 1 N–H and O–H groups in total. The summed E-state index contributed by atoms with van der Waals surface area (Å²) in [7, 11) is 0. The van der Waals surface area contributed by atoms with Crippen molar-refractivity contribution in [2.24, 2.45) is 0 Å². The van der Waals surface area contributed by atoms with Gasteiger partial charge in [0, 0.05) is 10.9 Å². The first-order valence-corrected chi connectivity index (χ1v) is 8.19. The van der Waals surface area contributed by atoms with Crippen molar-refractivity contribution in [1.82, 2.24) is 0 Å². The number of benzene rings is 3. The van der Waals surface area contributed by atoms with Crippen LogP contribution in [0.1, 0.15) is 15.9 Å². The number of fused-ring (bicyclic) bond motifs is 1.